The van der Waals surface area contributed by atoms with Gasteiger partial charge in [0, 0.05) is 21.0 Å². The molecule has 7 heteroatoms. The molecule has 3 aromatic rings. The van der Waals surface area contributed by atoms with Crippen molar-refractivity contribution in [3.05, 3.63) is 71.0 Å². The summed E-state index contributed by atoms with van der Waals surface area (Å²) < 4.78 is 1.49. The molecule has 1 aromatic heterocycles. The van der Waals surface area contributed by atoms with Gasteiger partial charge >= 0.3 is 0 Å². The number of anilines is 1. The zero-order chi connectivity index (χ0) is 16.9. The molecule has 0 unspecified atom stereocenters. The van der Waals surface area contributed by atoms with Gasteiger partial charge in [-0.25, -0.2) is 0 Å². The van der Waals surface area contributed by atoms with Gasteiger partial charge in [-0.05, 0) is 36.4 Å². The fourth-order valence-electron chi connectivity index (χ4n) is 2.05. The Kier molecular flexibility index (Phi) is 5.45. The number of hydrogen-bond acceptors (Lipinski definition) is 3. The molecule has 0 aliphatic rings. The molecule has 0 saturated carbocycles. The van der Waals surface area contributed by atoms with E-state index in [1.165, 1.54) is 10.9 Å². The first-order valence-electron chi connectivity index (χ1n) is 7.10. The van der Waals surface area contributed by atoms with Gasteiger partial charge in [0.05, 0.1) is 16.9 Å². The van der Waals surface area contributed by atoms with Crippen molar-refractivity contribution in [2.75, 3.05) is 5.32 Å². The van der Waals surface area contributed by atoms with Crippen LogP contribution in [0.2, 0.25) is 10.0 Å². The highest BCUT2D eigenvalue weighted by molar-refractivity contribution is 7.99. The number of carbonyl (C=O) groups is 1. The number of nitrogens with zero attached hydrogens (tertiary/aromatic N) is 2. The molecular formula is C17H13Cl2N3OS. The first kappa shape index (κ1) is 16.9. The van der Waals surface area contributed by atoms with Gasteiger partial charge in [0.15, 0.2) is 0 Å². The molecule has 0 aliphatic carbocycles. The first-order valence-corrected chi connectivity index (χ1v) is 8.68. The van der Waals surface area contributed by atoms with E-state index in [9.17, 15) is 4.79 Å². The Morgan fingerprint density at radius 2 is 1.83 bits per heavy atom. The predicted octanol–water partition coefficient (Wildman–Crippen LogP) is 4.98. The molecule has 0 bridgehead atoms. The largest absolute Gasteiger partial charge is 0.323 e. The van der Waals surface area contributed by atoms with Gasteiger partial charge < -0.3 is 5.32 Å². The number of halogens is 2. The van der Waals surface area contributed by atoms with Gasteiger partial charge in [0.25, 0.3) is 0 Å². The summed E-state index contributed by atoms with van der Waals surface area (Å²) in [5, 5.41) is 8.11. The van der Waals surface area contributed by atoms with E-state index >= 15 is 0 Å². The molecule has 1 N–H and O–H groups in total. The van der Waals surface area contributed by atoms with Gasteiger partial charge in [0.2, 0.25) is 5.91 Å². The molecule has 0 spiro atoms. The summed E-state index contributed by atoms with van der Waals surface area (Å²) in [6.45, 7) is 0.104. The number of amides is 1. The molecule has 1 amide bonds. The zero-order valence-electron chi connectivity index (χ0n) is 12.4. The number of hydrogen-bond donors (Lipinski definition) is 1. The van der Waals surface area contributed by atoms with Crippen LogP contribution in [0.25, 0.3) is 0 Å². The standard InChI is InChI=1S/C17H13Cl2N3OS/c18-12-5-7-14(8-6-12)24-16-4-2-1-3-15(16)21-17(23)11-22-10-13(19)9-20-22/h1-10H,11H2,(H,21,23). The van der Waals surface area contributed by atoms with E-state index in [1.54, 1.807) is 18.0 Å². The lowest BCUT2D eigenvalue weighted by molar-refractivity contribution is -0.116. The summed E-state index contributed by atoms with van der Waals surface area (Å²) in [5.41, 5.74) is 0.751. The summed E-state index contributed by atoms with van der Waals surface area (Å²) in [6.07, 6.45) is 3.11. The highest BCUT2D eigenvalue weighted by Crippen LogP contribution is 2.33. The van der Waals surface area contributed by atoms with Crippen molar-refractivity contribution in [2.24, 2.45) is 0 Å². The maximum atomic E-state index is 12.2. The summed E-state index contributed by atoms with van der Waals surface area (Å²) in [6, 6.07) is 15.2. The fourth-order valence-corrected chi connectivity index (χ4v) is 3.23. The fraction of sp³-hybridized carbons (Fsp3) is 0.0588. The van der Waals surface area contributed by atoms with Crippen LogP contribution in [0.1, 0.15) is 0 Å². The van der Waals surface area contributed by atoms with E-state index in [4.69, 9.17) is 23.2 Å². The normalized spacial score (nSPS) is 10.6. The van der Waals surface area contributed by atoms with E-state index in [0.29, 0.717) is 10.0 Å². The van der Waals surface area contributed by atoms with Crippen molar-refractivity contribution < 1.29 is 4.79 Å². The summed E-state index contributed by atoms with van der Waals surface area (Å²) in [4.78, 5) is 14.2. The van der Waals surface area contributed by atoms with Crippen LogP contribution < -0.4 is 5.32 Å². The third-order valence-electron chi connectivity index (χ3n) is 3.11. The van der Waals surface area contributed by atoms with Crippen molar-refractivity contribution in [3.63, 3.8) is 0 Å². The van der Waals surface area contributed by atoms with Crippen LogP contribution in [0.4, 0.5) is 5.69 Å². The van der Waals surface area contributed by atoms with Crippen LogP contribution in [0.3, 0.4) is 0 Å². The Morgan fingerprint density at radius 1 is 1.08 bits per heavy atom. The predicted molar refractivity (Wildman–Crippen MR) is 97.9 cm³/mol. The molecule has 2 aromatic carbocycles. The number of nitrogens with one attached hydrogen (secondary N) is 1. The second-order valence-corrected chi connectivity index (χ2v) is 6.94. The average molecular weight is 378 g/mol. The Hall–Kier alpha value is -1.95. The average Bonchev–Trinajstić information content (AvgIpc) is 2.96. The molecule has 4 nitrogen and oxygen atoms in total. The zero-order valence-corrected chi connectivity index (χ0v) is 14.8. The molecule has 0 radical (unpaired) electrons. The van der Waals surface area contributed by atoms with Crippen LogP contribution in [0.15, 0.2) is 70.7 Å². The third-order valence-corrected chi connectivity index (χ3v) is 4.64. The van der Waals surface area contributed by atoms with Gasteiger partial charge in [-0.3, -0.25) is 9.48 Å². The van der Waals surface area contributed by atoms with Crippen molar-refractivity contribution in [2.45, 2.75) is 16.3 Å². The highest BCUT2D eigenvalue weighted by Gasteiger charge is 2.09. The topological polar surface area (TPSA) is 46.9 Å². The number of benzene rings is 2. The number of aromatic nitrogens is 2. The molecule has 0 aliphatic heterocycles. The number of carbonyl (C=O) groups excluding carboxylic acids is 1. The smallest absolute Gasteiger partial charge is 0.246 e. The maximum Gasteiger partial charge on any atom is 0.246 e. The first-order chi connectivity index (χ1) is 11.6. The van der Waals surface area contributed by atoms with E-state index in [2.05, 4.69) is 10.4 Å². The van der Waals surface area contributed by atoms with Crippen LogP contribution >= 0.6 is 35.0 Å². The lowest BCUT2D eigenvalue weighted by atomic mass is 10.3. The van der Waals surface area contributed by atoms with Gasteiger partial charge in [-0.15, -0.1) is 0 Å². The monoisotopic (exact) mass is 377 g/mol. The van der Waals surface area contributed by atoms with E-state index < -0.39 is 0 Å². The third kappa shape index (κ3) is 4.54. The van der Waals surface area contributed by atoms with Gasteiger partial charge in [-0.1, -0.05) is 47.1 Å². The quantitative estimate of drug-likeness (QED) is 0.681. The molecular weight excluding hydrogens is 365 g/mol. The molecule has 24 heavy (non-hydrogen) atoms. The van der Waals surface area contributed by atoms with Crippen LogP contribution in [0, 0.1) is 0 Å². The second kappa shape index (κ2) is 7.75. The van der Waals surface area contributed by atoms with Crippen molar-refractivity contribution in [3.8, 4) is 0 Å². The molecule has 3 rings (SSSR count). The van der Waals surface area contributed by atoms with Crippen LogP contribution in [-0.2, 0) is 11.3 Å². The number of rotatable bonds is 5. The molecule has 0 saturated heterocycles. The summed E-state index contributed by atoms with van der Waals surface area (Å²) in [7, 11) is 0. The van der Waals surface area contributed by atoms with Gasteiger partial charge in [0.1, 0.15) is 6.54 Å². The van der Waals surface area contributed by atoms with E-state index in [0.717, 1.165) is 15.5 Å². The molecule has 0 fully saturated rings. The Bertz CT molecular complexity index is 849. The van der Waals surface area contributed by atoms with Crippen molar-refractivity contribution in [1.82, 2.24) is 9.78 Å². The minimum atomic E-state index is -0.168. The van der Waals surface area contributed by atoms with Crippen molar-refractivity contribution in [1.29, 1.82) is 0 Å². The molecule has 0 atom stereocenters. The molecule has 1 heterocycles. The SMILES string of the molecule is O=C(Cn1cc(Cl)cn1)Nc1ccccc1Sc1ccc(Cl)cc1. The summed E-state index contributed by atoms with van der Waals surface area (Å²) in [5.74, 6) is -0.168. The minimum absolute atomic E-state index is 0.104. The summed E-state index contributed by atoms with van der Waals surface area (Å²) >= 11 is 13.3. The highest BCUT2D eigenvalue weighted by atomic mass is 35.5. The molecule has 122 valence electrons. The lowest BCUT2D eigenvalue weighted by Crippen LogP contribution is -2.19. The second-order valence-electron chi connectivity index (χ2n) is 4.96. The lowest BCUT2D eigenvalue weighted by Gasteiger charge is -2.11. The van der Waals surface area contributed by atoms with Gasteiger partial charge in [-0.2, -0.15) is 5.10 Å². The van der Waals surface area contributed by atoms with Crippen LogP contribution in [-0.4, -0.2) is 15.7 Å². The van der Waals surface area contributed by atoms with E-state index in [1.807, 2.05) is 48.5 Å². The Labute approximate surface area is 153 Å². The van der Waals surface area contributed by atoms with Crippen LogP contribution in [0.5, 0.6) is 0 Å². The maximum absolute atomic E-state index is 12.2. The number of para-hydroxylation sites is 1. The Balaban J connectivity index is 1.71. The Morgan fingerprint density at radius 3 is 2.54 bits per heavy atom. The minimum Gasteiger partial charge on any atom is -0.323 e. The van der Waals surface area contributed by atoms with Crippen molar-refractivity contribution >= 4 is 46.6 Å². The van der Waals surface area contributed by atoms with E-state index in [-0.39, 0.29) is 12.5 Å².